The number of rotatable bonds is 3. The van der Waals surface area contributed by atoms with Crippen molar-refractivity contribution in [1.82, 2.24) is 5.32 Å². The first-order chi connectivity index (χ1) is 6.63. The highest BCUT2D eigenvalue weighted by atomic mass is 16.1. The van der Waals surface area contributed by atoms with Crippen LogP contribution in [0.3, 0.4) is 0 Å². The molecular formula is C11H16N2O. The maximum atomic E-state index is 11.0. The number of carbonyl (C=O) groups excluding carboxylic acids is 1. The predicted octanol–water partition coefficient (Wildman–Crippen LogP) is 1.13. The minimum absolute atomic E-state index is 0.0200. The highest BCUT2D eigenvalue weighted by Crippen LogP contribution is 2.12. The molecule has 0 aliphatic carbocycles. The largest absolute Gasteiger partial charge is 0.348 e. The van der Waals surface area contributed by atoms with Gasteiger partial charge in [0.05, 0.1) is 12.6 Å². The molecule has 14 heavy (non-hydrogen) atoms. The van der Waals surface area contributed by atoms with Crippen LogP contribution in [0, 0.1) is 6.92 Å². The lowest BCUT2D eigenvalue weighted by Gasteiger charge is -2.13. The third kappa shape index (κ3) is 2.85. The molecule has 1 rings (SSSR count). The Balaban J connectivity index is 2.65. The van der Waals surface area contributed by atoms with Crippen molar-refractivity contribution < 1.29 is 4.79 Å². The van der Waals surface area contributed by atoms with Gasteiger partial charge in [-0.3, -0.25) is 4.79 Å². The Bertz CT molecular complexity index is 306. The van der Waals surface area contributed by atoms with E-state index in [2.05, 4.69) is 5.32 Å². The summed E-state index contributed by atoms with van der Waals surface area (Å²) in [5, 5.41) is 2.80. The van der Waals surface area contributed by atoms with E-state index in [0.29, 0.717) is 0 Å². The smallest absolute Gasteiger partial charge is 0.234 e. The fourth-order valence-corrected chi connectivity index (χ4v) is 1.24. The lowest BCUT2D eigenvalue weighted by Crippen LogP contribution is -2.32. The van der Waals surface area contributed by atoms with Crippen molar-refractivity contribution in [3.63, 3.8) is 0 Å². The average molecular weight is 192 g/mol. The van der Waals surface area contributed by atoms with Crippen LogP contribution in [0.25, 0.3) is 0 Å². The number of hydrogen-bond acceptors (Lipinski definition) is 2. The highest BCUT2D eigenvalue weighted by Gasteiger charge is 2.06. The van der Waals surface area contributed by atoms with E-state index in [1.54, 1.807) is 0 Å². The molecule has 0 bridgehead atoms. The number of nitrogens with one attached hydrogen (secondary N) is 1. The summed E-state index contributed by atoms with van der Waals surface area (Å²) in [6.07, 6.45) is 0. The van der Waals surface area contributed by atoms with Crippen molar-refractivity contribution in [2.24, 2.45) is 5.73 Å². The van der Waals surface area contributed by atoms with Gasteiger partial charge in [-0.05, 0) is 19.4 Å². The molecule has 0 aliphatic rings. The summed E-state index contributed by atoms with van der Waals surface area (Å²) >= 11 is 0. The molecule has 0 saturated carbocycles. The summed E-state index contributed by atoms with van der Waals surface area (Å²) in [5.74, 6) is -0.127. The Morgan fingerprint density at radius 3 is 2.50 bits per heavy atom. The molecule has 0 fully saturated rings. The van der Waals surface area contributed by atoms with Crippen molar-refractivity contribution in [3.05, 3.63) is 35.4 Å². The van der Waals surface area contributed by atoms with Crippen LogP contribution in [0.4, 0.5) is 0 Å². The Kier molecular flexibility index (Phi) is 3.65. The monoisotopic (exact) mass is 192 g/mol. The van der Waals surface area contributed by atoms with Crippen LogP contribution >= 0.6 is 0 Å². The third-order valence-corrected chi connectivity index (χ3v) is 2.14. The van der Waals surface area contributed by atoms with Gasteiger partial charge in [-0.25, -0.2) is 0 Å². The van der Waals surface area contributed by atoms with Crippen LogP contribution in [0.5, 0.6) is 0 Å². The summed E-state index contributed by atoms with van der Waals surface area (Å²) in [4.78, 5) is 11.0. The predicted molar refractivity (Wildman–Crippen MR) is 56.8 cm³/mol. The second-order valence-corrected chi connectivity index (χ2v) is 3.40. The first kappa shape index (κ1) is 10.7. The first-order valence-corrected chi connectivity index (χ1v) is 4.69. The van der Waals surface area contributed by atoms with Crippen molar-refractivity contribution in [3.8, 4) is 0 Å². The summed E-state index contributed by atoms with van der Waals surface area (Å²) in [5.41, 5.74) is 7.52. The number of amides is 1. The van der Waals surface area contributed by atoms with E-state index in [-0.39, 0.29) is 18.5 Å². The second kappa shape index (κ2) is 4.77. The van der Waals surface area contributed by atoms with E-state index in [1.165, 1.54) is 5.56 Å². The minimum atomic E-state index is -0.127. The lowest BCUT2D eigenvalue weighted by atomic mass is 10.1. The van der Waals surface area contributed by atoms with Crippen molar-refractivity contribution >= 4 is 5.91 Å². The molecule has 3 heteroatoms. The number of hydrogen-bond donors (Lipinski definition) is 2. The lowest BCUT2D eigenvalue weighted by molar-refractivity contribution is -0.120. The SMILES string of the molecule is Cc1ccc(C(C)NC(=O)CN)cc1. The molecule has 0 saturated heterocycles. The maximum absolute atomic E-state index is 11.0. The molecule has 1 aromatic carbocycles. The van der Waals surface area contributed by atoms with Crippen LogP contribution in [0.15, 0.2) is 24.3 Å². The van der Waals surface area contributed by atoms with E-state index in [9.17, 15) is 4.79 Å². The van der Waals surface area contributed by atoms with Gasteiger partial charge in [-0.2, -0.15) is 0 Å². The molecule has 3 nitrogen and oxygen atoms in total. The molecule has 1 aromatic rings. The summed E-state index contributed by atoms with van der Waals surface area (Å²) in [6.45, 7) is 4.02. The number of benzene rings is 1. The van der Waals surface area contributed by atoms with Gasteiger partial charge in [-0.1, -0.05) is 29.8 Å². The minimum Gasteiger partial charge on any atom is -0.348 e. The number of nitrogens with two attached hydrogens (primary N) is 1. The van der Waals surface area contributed by atoms with Crippen LogP contribution < -0.4 is 11.1 Å². The number of aryl methyl sites for hydroxylation is 1. The molecule has 1 atom stereocenters. The molecule has 1 unspecified atom stereocenters. The molecule has 1 amide bonds. The van der Waals surface area contributed by atoms with Gasteiger partial charge in [0.25, 0.3) is 0 Å². The Hall–Kier alpha value is -1.35. The van der Waals surface area contributed by atoms with Gasteiger partial charge >= 0.3 is 0 Å². The van der Waals surface area contributed by atoms with Crippen LogP contribution in [-0.4, -0.2) is 12.5 Å². The van der Waals surface area contributed by atoms with Gasteiger partial charge in [0.15, 0.2) is 0 Å². The summed E-state index contributed by atoms with van der Waals surface area (Å²) in [7, 11) is 0. The number of carbonyl (C=O) groups is 1. The molecule has 0 spiro atoms. The van der Waals surface area contributed by atoms with Crippen molar-refractivity contribution in [1.29, 1.82) is 0 Å². The van der Waals surface area contributed by atoms with Gasteiger partial charge in [-0.15, -0.1) is 0 Å². The molecule has 0 aliphatic heterocycles. The maximum Gasteiger partial charge on any atom is 0.234 e. The van der Waals surface area contributed by atoms with E-state index in [0.717, 1.165) is 5.56 Å². The van der Waals surface area contributed by atoms with Crippen LogP contribution in [-0.2, 0) is 4.79 Å². The van der Waals surface area contributed by atoms with E-state index in [1.807, 2.05) is 38.1 Å². The van der Waals surface area contributed by atoms with Gasteiger partial charge in [0.1, 0.15) is 0 Å². The molecule has 0 radical (unpaired) electrons. The first-order valence-electron chi connectivity index (χ1n) is 4.69. The summed E-state index contributed by atoms with van der Waals surface area (Å²) in [6, 6.07) is 8.10. The standard InChI is InChI=1S/C11H16N2O/c1-8-3-5-10(6-4-8)9(2)13-11(14)7-12/h3-6,9H,7,12H2,1-2H3,(H,13,14). The fraction of sp³-hybridized carbons (Fsp3) is 0.364. The topological polar surface area (TPSA) is 55.1 Å². The van der Waals surface area contributed by atoms with Crippen molar-refractivity contribution in [2.45, 2.75) is 19.9 Å². The molecule has 3 N–H and O–H groups in total. The van der Waals surface area contributed by atoms with Crippen LogP contribution in [0.1, 0.15) is 24.1 Å². The Morgan fingerprint density at radius 2 is 2.00 bits per heavy atom. The normalized spacial score (nSPS) is 12.2. The zero-order valence-electron chi connectivity index (χ0n) is 8.58. The zero-order chi connectivity index (χ0) is 10.6. The quantitative estimate of drug-likeness (QED) is 0.754. The van der Waals surface area contributed by atoms with E-state index in [4.69, 9.17) is 5.73 Å². The third-order valence-electron chi connectivity index (χ3n) is 2.14. The average Bonchev–Trinajstić information content (AvgIpc) is 2.18. The van der Waals surface area contributed by atoms with E-state index >= 15 is 0 Å². The molecule has 76 valence electrons. The second-order valence-electron chi connectivity index (χ2n) is 3.40. The van der Waals surface area contributed by atoms with Gasteiger partial charge in [0.2, 0.25) is 5.91 Å². The van der Waals surface area contributed by atoms with Gasteiger partial charge in [0, 0.05) is 0 Å². The molecule has 0 heterocycles. The molecular weight excluding hydrogens is 176 g/mol. The van der Waals surface area contributed by atoms with Crippen LogP contribution in [0.2, 0.25) is 0 Å². The fourth-order valence-electron chi connectivity index (χ4n) is 1.24. The van der Waals surface area contributed by atoms with Crippen molar-refractivity contribution in [2.75, 3.05) is 6.54 Å². The van der Waals surface area contributed by atoms with E-state index < -0.39 is 0 Å². The highest BCUT2D eigenvalue weighted by molar-refractivity contribution is 5.78. The zero-order valence-corrected chi connectivity index (χ0v) is 8.58. The molecule has 0 aromatic heterocycles. The summed E-state index contributed by atoms with van der Waals surface area (Å²) < 4.78 is 0. The Labute approximate surface area is 84.3 Å². The van der Waals surface area contributed by atoms with Gasteiger partial charge < -0.3 is 11.1 Å². The Morgan fingerprint density at radius 1 is 1.43 bits per heavy atom.